The first-order chi connectivity index (χ1) is 16.0. The molecule has 0 radical (unpaired) electrons. The van der Waals surface area contributed by atoms with Gasteiger partial charge in [0, 0.05) is 30.0 Å². The van der Waals surface area contributed by atoms with E-state index in [1.165, 1.54) is 12.8 Å². The molecule has 1 aliphatic heterocycles. The fourth-order valence-corrected chi connectivity index (χ4v) is 4.26. The Morgan fingerprint density at radius 3 is 2.76 bits per heavy atom. The van der Waals surface area contributed by atoms with E-state index in [0.717, 1.165) is 54.3 Å². The normalized spacial score (nSPS) is 15.6. The van der Waals surface area contributed by atoms with E-state index in [9.17, 15) is 5.26 Å². The summed E-state index contributed by atoms with van der Waals surface area (Å²) in [7, 11) is 4.16. The molecule has 1 fully saturated rings. The third-order valence-electron chi connectivity index (χ3n) is 6.05. The molecule has 2 aromatic heterocycles. The zero-order valence-electron chi connectivity index (χ0n) is 19.6. The molecule has 7 heteroatoms. The van der Waals surface area contributed by atoms with Crippen molar-refractivity contribution < 1.29 is 0 Å². The molecule has 1 aromatic carbocycles. The summed E-state index contributed by atoms with van der Waals surface area (Å²) < 4.78 is 0. The topological polar surface area (TPSA) is 81.0 Å². The summed E-state index contributed by atoms with van der Waals surface area (Å²) >= 11 is 0. The van der Waals surface area contributed by atoms with Crippen LogP contribution in [-0.2, 0) is 6.42 Å². The highest BCUT2D eigenvalue weighted by atomic mass is 15.2. The van der Waals surface area contributed by atoms with Crippen LogP contribution in [0.3, 0.4) is 0 Å². The van der Waals surface area contributed by atoms with Gasteiger partial charge in [0.15, 0.2) is 0 Å². The van der Waals surface area contributed by atoms with E-state index in [-0.39, 0.29) is 0 Å². The van der Waals surface area contributed by atoms with Gasteiger partial charge in [0.25, 0.3) is 0 Å². The molecule has 0 bridgehead atoms. The van der Waals surface area contributed by atoms with Crippen LogP contribution < -0.4 is 10.2 Å². The predicted octanol–water partition coefficient (Wildman–Crippen LogP) is 4.64. The van der Waals surface area contributed by atoms with Crippen molar-refractivity contribution in [2.45, 2.75) is 38.6 Å². The van der Waals surface area contributed by atoms with Gasteiger partial charge in [-0.3, -0.25) is 4.98 Å². The van der Waals surface area contributed by atoms with Crippen LogP contribution in [0.5, 0.6) is 0 Å². The average Bonchev–Trinajstić information content (AvgIpc) is 3.25. The van der Waals surface area contributed by atoms with E-state index in [1.807, 2.05) is 42.6 Å². The number of nitrogens with one attached hydrogen (secondary N) is 1. The third-order valence-corrected chi connectivity index (χ3v) is 6.05. The lowest BCUT2D eigenvalue weighted by molar-refractivity contribution is 0.399. The molecule has 0 aliphatic carbocycles. The van der Waals surface area contributed by atoms with Gasteiger partial charge in [-0.15, -0.1) is 0 Å². The van der Waals surface area contributed by atoms with Gasteiger partial charge in [-0.25, -0.2) is 9.97 Å². The second kappa shape index (κ2) is 10.4. The molecule has 33 heavy (non-hydrogen) atoms. The number of aryl methyl sites for hydroxylation is 1. The number of anilines is 3. The fourth-order valence-electron chi connectivity index (χ4n) is 4.26. The van der Waals surface area contributed by atoms with Crippen molar-refractivity contribution in [3.8, 4) is 17.3 Å². The smallest absolute Gasteiger partial charge is 0.227 e. The van der Waals surface area contributed by atoms with E-state index < -0.39 is 0 Å². The monoisotopic (exact) mass is 441 g/mol. The van der Waals surface area contributed by atoms with Gasteiger partial charge in [-0.2, -0.15) is 5.26 Å². The van der Waals surface area contributed by atoms with Gasteiger partial charge in [0.2, 0.25) is 5.95 Å². The van der Waals surface area contributed by atoms with Gasteiger partial charge >= 0.3 is 0 Å². The maximum atomic E-state index is 9.76. The minimum Gasteiger partial charge on any atom is -0.368 e. The van der Waals surface area contributed by atoms with Gasteiger partial charge in [0.1, 0.15) is 6.07 Å². The Morgan fingerprint density at radius 2 is 2.06 bits per heavy atom. The maximum absolute atomic E-state index is 9.76. The van der Waals surface area contributed by atoms with Crippen LogP contribution in [0.25, 0.3) is 11.3 Å². The van der Waals surface area contributed by atoms with Crippen molar-refractivity contribution in [2.24, 2.45) is 0 Å². The predicted molar refractivity (Wildman–Crippen MR) is 133 cm³/mol. The fraction of sp³-hybridized carbons (Fsp3) is 0.385. The number of pyridine rings is 1. The summed E-state index contributed by atoms with van der Waals surface area (Å²) in [6.45, 7) is 4.27. The van der Waals surface area contributed by atoms with Crippen LogP contribution in [0.1, 0.15) is 37.4 Å². The van der Waals surface area contributed by atoms with Crippen molar-refractivity contribution in [1.82, 2.24) is 19.9 Å². The summed E-state index contributed by atoms with van der Waals surface area (Å²) in [6, 6.07) is 14.8. The minimum absolute atomic E-state index is 0.464. The van der Waals surface area contributed by atoms with Crippen molar-refractivity contribution in [1.29, 1.82) is 5.26 Å². The third kappa shape index (κ3) is 5.65. The first kappa shape index (κ1) is 22.7. The van der Waals surface area contributed by atoms with Crippen LogP contribution in [0.4, 0.5) is 17.3 Å². The van der Waals surface area contributed by atoms with Gasteiger partial charge < -0.3 is 15.1 Å². The lowest BCUT2D eigenvalue weighted by atomic mass is 10.1. The van der Waals surface area contributed by atoms with Gasteiger partial charge in [-0.05, 0) is 83.6 Å². The van der Waals surface area contributed by atoms with Crippen LogP contribution in [0, 0.1) is 11.3 Å². The molecule has 170 valence electrons. The largest absolute Gasteiger partial charge is 0.368 e. The number of rotatable bonds is 8. The highest BCUT2D eigenvalue weighted by Gasteiger charge is 2.23. The molecule has 3 aromatic rings. The molecule has 1 aliphatic rings. The first-order valence-corrected chi connectivity index (χ1v) is 11.5. The standard InChI is InChI=1S/C26H31N7/c1-19-6-4-15-33(19)25-11-8-20(16-21(25)17-27)24-12-13-28-26(31-24)30-23-10-9-22(29-18-23)7-5-14-32(2)3/h8-13,16,18-19H,4-7,14-15H2,1-3H3,(H,28,30,31)/t19-/m0/s1. The second-order valence-corrected chi connectivity index (χ2v) is 8.86. The van der Waals surface area contributed by atoms with E-state index in [1.54, 1.807) is 6.20 Å². The molecule has 7 nitrogen and oxygen atoms in total. The van der Waals surface area contributed by atoms with E-state index in [4.69, 9.17) is 0 Å². The second-order valence-electron chi connectivity index (χ2n) is 8.86. The van der Waals surface area contributed by atoms with Crippen molar-refractivity contribution in [3.63, 3.8) is 0 Å². The van der Waals surface area contributed by atoms with Crippen LogP contribution in [-0.4, -0.2) is 53.1 Å². The van der Waals surface area contributed by atoms with Crippen molar-refractivity contribution >= 4 is 17.3 Å². The van der Waals surface area contributed by atoms with Gasteiger partial charge in [0.05, 0.1) is 28.8 Å². The Kier molecular flexibility index (Phi) is 7.16. The summed E-state index contributed by atoms with van der Waals surface area (Å²) in [5.74, 6) is 0.505. The zero-order valence-corrected chi connectivity index (χ0v) is 19.6. The maximum Gasteiger partial charge on any atom is 0.227 e. The molecule has 0 amide bonds. The van der Waals surface area contributed by atoms with Crippen LogP contribution in [0.15, 0.2) is 48.8 Å². The summed E-state index contributed by atoms with van der Waals surface area (Å²) in [5.41, 5.74) is 5.30. The number of nitrogens with zero attached hydrogens (tertiary/aromatic N) is 6. The number of aromatic nitrogens is 3. The van der Waals surface area contributed by atoms with Crippen LogP contribution in [0.2, 0.25) is 0 Å². The molecular weight excluding hydrogens is 410 g/mol. The van der Waals surface area contributed by atoms with Crippen molar-refractivity contribution in [3.05, 3.63) is 60.0 Å². The molecule has 0 saturated carbocycles. The van der Waals surface area contributed by atoms with Crippen LogP contribution >= 0.6 is 0 Å². The molecule has 0 unspecified atom stereocenters. The minimum atomic E-state index is 0.464. The lowest BCUT2D eigenvalue weighted by Gasteiger charge is -2.25. The Bertz CT molecular complexity index is 1120. The Balaban J connectivity index is 1.47. The number of hydrogen-bond acceptors (Lipinski definition) is 7. The quantitative estimate of drug-likeness (QED) is 0.545. The highest BCUT2D eigenvalue weighted by molar-refractivity contribution is 5.70. The average molecular weight is 442 g/mol. The number of nitriles is 1. The first-order valence-electron chi connectivity index (χ1n) is 11.5. The van der Waals surface area contributed by atoms with E-state index >= 15 is 0 Å². The summed E-state index contributed by atoms with van der Waals surface area (Å²) in [4.78, 5) is 18.1. The van der Waals surface area contributed by atoms with E-state index in [0.29, 0.717) is 17.6 Å². The van der Waals surface area contributed by atoms with Crippen molar-refractivity contribution in [2.75, 3.05) is 37.4 Å². The lowest BCUT2D eigenvalue weighted by Crippen LogP contribution is -2.26. The molecule has 3 heterocycles. The molecule has 0 spiro atoms. The SMILES string of the molecule is C[C@H]1CCCN1c1ccc(-c2ccnc(Nc3ccc(CCCN(C)C)nc3)n2)cc1C#N. The number of hydrogen-bond donors (Lipinski definition) is 1. The summed E-state index contributed by atoms with van der Waals surface area (Å²) in [5, 5.41) is 13.0. The Hall–Kier alpha value is -3.50. The zero-order chi connectivity index (χ0) is 23.2. The molecule has 4 rings (SSSR count). The molecular formula is C26H31N7. The molecule has 1 N–H and O–H groups in total. The highest BCUT2D eigenvalue weighted by Crippen LogP contribution is 2.31. The Morgan fingerprint density at radius 1 is 1.18 bits per heavy atom. The number of benzene rings is 1. The van der Waals surface area contributed by atoms with E-state index in [2.05, 4.69) is 57.2 Å². The molecule has 1 atom stereocenters. The molecule has 1 saturated heterocycles. The Labute approximate surface area is 196 Å². The van der Waals surface area contributed by atoms with Gasteiger partial charge in [-0.1, -0.05) is 6.07 Å². The summed E-state index contributed by atoms with van der Waals surface area (Å²) in [6.07, 6.45) is 7.92.